The molecular weight excluding hydrogens is 395 g/mol. The van der Waals surface area contributed by atoms with Crippen LogP contribution < -0.4 is 14.4 Å². The molecule has 0 unspecified atom stereocenters. The molecule has 0 bridgehead atoms. The molecule has 0 spiro atoms. The predicted molar refractivity (Wildman–Crippen MR) is 103 cm³/mol. The van der Waals surface area contributed by atoms with Crippen LogP contribution in [0.1, 0.15) is 5.56 Å². The highest BCUT2D eigenvalue weighted by Gasteiger charge is 2.22. The fraction of sp³-hybridized carbons (Fsp3) is 0.278. The van der Waals surface area contributed by atoms with Gasteiger partial charge in [0.2, 0.25) is 15.9 Å². The molecule has 0 saturated carbocycles. The van der Waals surface area contributed by atoms with Gasteiger partial charge in [0, 0.05) is 5.02 Å². The number of nitrogens with zero attached hydrogens (tertiary/aromatic N) is 1. The zero-order chi connectivity index (χ0) is 20.0. The molecule has 1 N–H and O–H groups in total. The molecule has 0 fully saturated rings. The van der Waals surface area contributed by atoms with Gasteiger partial charge in [-0.05, 0) is 48.9 Å². The minimum Gasteiger partial charge on any atom is -0.492 e. The maximum absolute atomic E-state index is 12.8. The Morgan fingerprint density at radius 2 is 1.89 bits per heavy atom. The van der Waals surface area contributed by atoms with Crippen LogP contribution >= 0.6 is 11.6 Å². The zero-order valence-corrected chi connectivity index (χ0v) is 16.5. The lowest BCUT2D eigenvalue weighted by Gasteiger charge is -2.23. The molecule has 9 heteroatoms. The van der Waals surface area contributed by atoms with Crippen LogP contribution in [0.15, 0.2) is 42.5 Å². The second-order valence-electron chi connectivity index (χ2n) is 5.85. The molecule has 0 aromatic heterocycles. The Balaban J connectivity index is 1.94. The van der Waals surface area contributed by atoms with Crippen molar-refractivity contribution in [3.8, 4) is 5.75 Å². The summed E-state index contributed by atoms with van der Waals surface area (Å²) in [5, 5.41) is 2.97. The average molecular weight is 415 g/mol. The summed E-state index contributed by atoms with van der Waals surface area (Å²) >= 11 is 5.96. The summed E-state index contributed by atoms with van der Waals surface area (Å²) in [6.07, 6.45) is 1.03. The number of aryl methyl sites for hydroxylation is 1. The Hall–Kier alpha value is -2.32. The van der Waals surface area contributed by atoms with Gasteiger partial charge >= 0.3 is 0 Å². The first-order chi connectivity index (χ1) is 12.7. The lowest BCUT2D eigenvalue weighted by Crippen LogP contribution is -2.41. The number of amides is 1. The van der Waals surface area contributed by atoms with Crippen molar-refractivity contribution in [1.29, 1.82) is 0 Å². The molecule has 27 heavy (non-hydrogen) atoms. The van der Waals surface area contributed by atoms with Crippen molar-refractivity contribution >= 4 is 33.2 Å². The highest BCUT2D eigenvalue weighted by atomic mass is 35.5. The van der Waals surface area contributed by atoms with Gasteiger partial charge in [-0.15, -0.1) is 0 Å². The number of hydrogen-bond acceptors (Lipinski definition) is 4. The van der Waals surface area contributed by atoms with Gasteiger partial charge in [-0.25, -0.2) is 12.8 Å². The largest absolute Gasteiger partial charge is 0.492 e. The first-order valence-electron chi connectivity index (χ1n) is 8.06. The highest BCUT2D eigenvalue weighted by Crippen LogP contribution is 2.26. The van der Waals surface area contributed by atoms with Crippen molar-refractivity contribution in [2.45, 2.75) is 6.92 Å². The van der Waals surface area contributed by atoms with Gasteiger partial charge in [0.05, 0.1) is 18.5 Å². The van der Waals surface area contributed by atoms with E-state index in [1.54, 1.807) is 19.1 Å². The van der Waals surface area contributed by atoms with Gasteiger partial charge in [-0.3, -0.25) is 9.10 Å². The van der Waals surface area contributed by atoms with Crippen molar-refractivity contribution < 1.29 is 22.3 Å². The first-order valence-corrected chi connectivity index (χ1v) is 10.3. The van der Waals surface area contributed by atoms with Crippen molar-refractivity contribution in [3.63, 3.8) is 0 Å². The van der Waals surface area contributed by atoms with Gasteiger partial charge in [0.1, 0.15) is 24.7 Å². The summed E-state index contributed by atoms with van der Waals surface area (Å²) in [6.45, 7) is 1.68. The van der Waals surface area contributed by atoms with E-state index in [-0.39, 0.29) is 25.5 Å². The van der Waals surface area contributed by atoms with Crippen LogP contribution in [0.4, 0.5) is 10.1 Å². The fourth-order valence-corrected chi connectivity index (χ4v) is 3.38. The van der Waals surface area contributed by atoms with Crippen LogP contribution in [0.2, 0.25) is 5.02 Å². The van der Waals surface area contributed by atoms with Gasteiger partial charge < -0.3 is 10.1 Å². The summed E-state index contributed by atoms with van der Waals surface area (Å²) in [5.41, 5.74) is 1.03. The molecule has 0 aliphatic rings. The molecule has 146 valence electrons. The van der Waals surface area contributed by atoms with Gasteiger partial charge in [0.25, 0.3) is 0 Å². The number of carbonyl (C=O) groups is 1. The number of carbonyl (C=O) groups excluding carboxylic acids is 1. The first kappa shape index (κ1) is 21.0. The highest BCUT2D eigenvalue weighted by molar-refractivity contribution is 7.92. The molecule has 0 aliphatic carbocycles. The fourth-order valence-electron chi connectivity index (χ4n) is 2.31. The molecular formula is C18H20ClFN2O4S. The van der Waals surface area contributed by atoms with Crippen LogP contribution in [0.25, 0.3) is 0 Å². The third kappa shape index (κ3) is 6.41. The van der Waals surface area contributed by atoms with E-state index in [4.69, 9.17) is 16.3 Å². The monoisotopic (exact) mass is 414 g/mol. The number of nitrogens with one attached hydrogen (secondary N) is 1. The summed E-state index contributed by atoms with van der Waals surface area (Å²) in [5.74, 6) is -0.381. The molecule has 0 saturated heterocycles. The van der Waals surface area contributed by atoms with E-state index in [2.05, 4.69) is 5.32 Å². The normalized spacial score (nSPS) is 11.1. The SMILES string of the molecule is Cc1ccc(Cl)cc1N(CC(=O)NCCOc1ccc(F)cc1)S(C)(=O)=O. The number of benzene rings is 2. The topological polar surface area (TPSA) is 75.7 Å². The molecule has 2 rings (SSSR count). The van der Waals surface area contributed by atoms with Gasteiger partial charge in [-0.2, -0.15) is 0 Å². The maximum Gasteiger partial charge on any atom is 0.240 e. The molecule has 1 amide bonds. The minimum absolute atomic E-state index is 0.159. The van der Waals surface area contributed by atoms with Crippen LogP contribution in [0, 0.1) is 12.7 Å². The second kappa shape index (κ2) is 9.05. The Kier molecular flexibility index (Phi) is 7.04. The van der Waals surface area contributed by atoms with Crippen LogP contribution in [0.3, 0.4) is 0 Å². The third-order valence-corrected chi connectivity index (χ3v) is 5.00. The second-order valence-corrected chi connectivity index (χ2v) is 8.20. The molecule has 2 aromatic rings. The van der Waals surface area contributed by atoms with Crippen LogP contribution in [-0.2, 0) is 14.8 Å². The van der Waals surface area contributed by atoms with Gasteiger partial charge in [-0.1, -0.05) is 17.7 Å². The lowest BCUT2D eigenvalue weighted by atomic mass is 10.2. The molecule has 0 aliphatic heterocycles. The Morgan fingerprint density at radius 1 is 1.22 bits per heavy atom. The van der Waals surface area contributed by atoms with Crippen LogP contribution in [0.5, 0.6) is 5.75 Å². The zero-order valence-electron chi connectivity index (χ0n) is 14.9. The third-order valence-electron chi connectivity index (χ3n) is 3.63. The number of halogens is 2. The van der Waals surface area contributed by atoms with E-state index < -0.39 is 15.9 Å². The Bertz CT molecular complexity index is 904. The number of anilines is 1. The number of sulfonamides is 1. The van der Waals surface area contributed by atoms with E-state index in [1.165, 1.54) is 30.3 Å². The predicted octanol–water partition coefficient (Wildman–Crippen LogP) is 2.75. The van der Waals surface area contributed by atoms with Crippen molar-refractivity contribution in [1.82, 2.24) is 5.32 Å². The minimum atomic E-state index is -3.68. The molecule has 2 aromatic carbocycles. The van der Waals surface area contributed by atoms with Crippen molar-refractivity contribution in [2.75, 3.05) is 30.3 Å². The Labute approximate surface area is 162 Å². The standard InChI is InChI=1S/C18H20ClFN2O4S/c1-13-3-4-14(19)11-17(13)22(27(2,24)25)12-18(23)21-9-10-26-16-7-5-15(20)6-8-16/h3-8,11H,9-10,12H2,1-2H3,(H,21,23). The smallest absolute Gasteiger partial charge is 0.240 e. The van der Waals surface area contributed by atoms with Crippen molar-refractivity contribution in [2.24, 2.45) is 0 Å². The maximum atomic E-state index is 12.8. The molecule has 6 nitrogen and oxygen atoms in total. The summed E-state index contributed by atoms with van der Waals surface area (Å²) in [4.78, 5) is 12.2. The summed E-state index contributed by atoms with van der Waals surface area (Å²) < 4.78 is 43.4. The number of hydrogen-bond donors (Lipinski definition) is 1. The van der Waals surface area contributed by atoms with Gasteiger partial charge in [0.15, 0.2) is 0 Å². The Morgan fingerprint density at radius 3 is 2.52 bits per heavy atom. The summed E-state index contributed by atoms with van der Waals surface area (Å²) in [7, 11) is -3.68. The van der Waals surface area contributed by atoms with E-state index in [0.29, 0.717) is 22.0 Å². The van der Waals surface area contributed by atoms with E-state index in [0.717, 1.165) is 10.6 Å². The van der Waals surface area contributed by atoms with E-state index in [1.807, 2.05) is 0 Å². The summed E-state index contributed by atoms with van der Waals surface area (Å²) in [6, 6.07) is 10.3. The molecule has 0 atom stereocenters. The van der Waals surface area contributed by atoms with Crippen LogP contribution in [-0.4, -0.2) is 40.3 Å². The lowest BCUT2D eigenvalue weighted by molar-refractivity contribution is -0.119. The van der Waals surface area contributed by atoms with Crippen molar-refractivity contribution in [3.05, 3.63) is 58.9 Å². The average Bonchev–Trinajstić information content (AvgIpc) is 2.59. The molecule has 0 heterocycles. The number of rotatable bonds is 8. The molecule has 0 radical (unpaired) electrons. The van der Waals surface area contributed by atoms with E-state index >= 15 is 0 Å². The quantitative estimate of drug-likeness (QED) is 0.674. The number of ether oxygens (including phenoxy) is 1. The van der Waals surface area contributed by atoms with E-state index in [9.17, 15) is 17.6 Å².